The van der Waals surface area contributed by atoms with Crippen LogP contribution in [0.1, 0.15) is 21.5 Å². The fourth-order valence-electron chi connectivity index (χ4n) is 3.69. The monoisotopic (exact) mass is 487 g/mol. The van der Waals surface area contributed by atoms with Crippen molar-refractivity contribution in [3.05, 3.63) is 63.6 Å². The summed E-state index contributed by atoms with van der Waals surface area (Å²) in [5, 5.41) is 4.96. The van der Waals surface area contributed by atoms with E-state index in [2.05, 4.69) is 31.3 Å². The van der Waals surface area contributed by atoms with Gasteiger partial charge >= 0.3 is 12.0 Å². The van der Waals surface area contributed by atoms with Crippen molar-refractivity contribution in [3.8, 4) is 5.75 Å². The largest absolute Gasteiger partial charge is 0.482 e. The first-order valence-electron chi connectivity index (χ1n) is 9.34. The number of rotatable bonds is 6. The van der Waals surface area contributed by atoms with Crippen molar-refractivity contribution >= 4 is 39.7 Å². The van der Waals surface area contributed by atoms with Crippen LogP contribution >= 0.6 is 15.9 Å². The zero-order valence-corrected chi connectivity index (χ0v) is 18.0. The number of hydrogen-bond acceptors (Lipinski definition) is 6. The summed E-state index contributed by atoms with van der Waals surface area (Å²) < 4.78 is 10.8. The van der Waals surface area contributed by atoms with Gasteiger partial charge in [0.15, 0.2) is 12.1 Å². The van der Waals surface area contributed by atoms with E-state index in [-0.39, 0.29) is 25.6 Å². The van der Waals surface area contributed by atoms with Crippen molar-refractivity contribution in [2.24, 2.45) is 0 Å². The van der Waals surface area contributed by atoms with Gasteiger partial charge in [-0.1, -0.05) is 28.1 Å². The van der Waals surface area contributed by atoms with Crippen molar-refractivity contribution in [2.75, 3.05) is 20.3 Å². The third-order valence-corrected chi connectivity index (χ3v) is 5.78. The molecule has 2 aromatic carbocycles. The first-order chi connectivity index (χ1) is 14.8. The molecule has 2 aliphatic rings. The van der Waals surface area contributed by atoms with Gasteiger partial charge in [-0.05, 0) is 41.5 Å². The summed E-state index contributed by atoms with van der Waals surface area (Å²) in [7, 11) is 1.27. The Morgan fingerprint density at radius 3 is 2.55 bits per heavy atom. The highest BCUT2D eigenvalue weighted by Gasteiger charge is 2.50. The SMILES string of the molecule is COC(=O)COc1ccc2c(c1)CN(CC1(c3ccc(Br)cc3)NC(=O)NC1=O)C2=O. The number of fused-ring (bicyclic) bond motifs is 1. The summed E-state index contributed by atoms with van der Waals surface area (Å²) in [5.74, 6) is -0.878. The lowest BCUT2D eigenvalue weighted by Gasteiger charge is -2.31. The minimum Gasteiger partial charge on any atom is -0.482 e. The first kappa shape index (κ1) is 20.9. The van der Waals surface area contributed by atoms with E-state index < -0.39 is 23.4 Å². The van der Waals surface area contributed by atoms with Gasteiger partial charge in [-0.2, -0.15) is 0 Å². The average Bonchev–Trinajstić information content (AvgIpc) is 3.22. The van der Waals surface area contributed by atoms with Crippen LogP contribution in [0.5, 0.6) is 5.75 Å². The lowest BCUT2D eigenvalue weighted by Crippen LogP contribution is -2.52. The Kier molecular flexibility index (Phi) is 5.40. The number of nitrogens with zero attached hydrogens (tertiary/aromatic N) is 1. The summed E-state index contributed by atoms with van der Waals surface area (Å²) in [5.41, 5.74) is 0.328. The number of amides is 4. The lowest BCUT2D eigenvalue weighted by molar-refractivity contribution is -0.142. The van der Waals surface area contributed by atoms with Crippen LogP contribution in [0.15, 0.2) is 46.9 Å². The summed E-state index contributed by atoms with van der Waals surface area (Å²) in [4.78, 5) is 50.5. The Bertz CT molecular complexity index is 1090. The number of carbonyl (C=O) groups is 4. The van der Waals surface area contributed by atoms with Crippen molar-refractivity contribution in [3.63, 3.8) is 0 Å². The molecule has 1 saturated heterocycles. The van der Waals surface area contributed by atoms with E-state index in [9.17, 15) is 19.2 Å². The van der Waals surface area contributed by atoms with E-state index in [0.717, 1.165) is 4.47 Å². The third kappa shape index (κ3) is 3.86. The van der Waals surface area contributed by atoms with Crippen LogP contribution in [0.3, 0.4) is 0 Å². The molecule has 10 heteroatoms. The van der Waals surface area contributed by atoms with E-state index in [1.807, 2.05) is 0 Å². The number of nitrogens with one attached hydrogen (secondary N) is 2. The Morgan fingerprint density at radius 2 is 1.90 bits per heavy atom. The average molecular weight is 488 g/mol. The number of benzene rings is 2. The molecule has 4 rings (SSSR count). The van der Waals surface area contributed by atoms with Crippen LogP contribution in [-0.2, 0) is 26.4 Å². The number of imide groups is 1. The molecule has 2 aromatic rings. The van der Waals surface area contributed by atoms with Gasteiger partial charge in [0.05, 0.1) is 13.7 Å². The standard InChI is InChI=1S/C21H18BrN3O6/c1-30-17(26)10-31-15-6-7-16-12(8-15)9-25(18(16)27)11-21(19(28)23-20(29)24-21)13-2-4-14(22)5-3-13/h2-8H,9-11H2,1H3,(H2,23,24,28,29). The molecule has 1 fully saturated rings. The van der Waals surface area contributed by atoms with Crippen LogP contribution in [0.25, 0.3) is 0 Å². The van der Waals surface area contributed by atoms with Gasteiger partial charge in [0.2, 0.25) is 0 Å². The maximum atomic E-state index is 13.0. The molecule has 2 aliphatic heterocycles. The van der Waals surface area contributed by atoms with Gasteiger partial charge in [-0.25, -0.2) is 9.59 Å². The van der Waals surface area contributed by atoms with Crippen LogP contribution < -0.4 is 15.4 Å². The second-order valence-electron chi connectivity index (χ2n) is 7.17. The molecular weight excluding hydrogens is 470 g/mol. The summed E-state index contributed by atoms with van der Waals surface area (Å²) in [6.07, 6.45) is 0. The van der Waals surface area contributed by atoms with E-state index >= 15 is 0 Å². The number of ether oxygens (including phenoxy) is 2. The molecule has 160 valence electrons. The number of carbonyl (C=O) groups excluding carboxylic acids is 4. The van der Waals surface area contributed by atoms with Gasteiger partial charge in [0.25, 0.3) is 11.8 Å². The van der Waals surface area contributed by atoms with Crippen LogP contribution in [0.4, 0.5) is 4.79 Å². The van der Waals surface area contributed by atoms with Crippen molar-refractivity contribution in [1.29, 1.82) is 0 Å². The Hall–Kier alpha value is -3.40. The van der Waals surface area contributed by atoms with Crippen molar-refractivity contribution in [1.82, 2.24) is 15.5 Å². The number of methoxy groups -OCH3 is 1. The molecule has 0 saturated carbocycles. The van der Waals surface area contributed by atoms with Gasteiger partial charge in [0, 0.05) is 16.6 Å². The van der Waals surface area contributed by atoms with E-state index in [1.165, 1.54) is 12.0 Å². The molecule has 0 radical (unpaired) electrons. The molecule has 1 atom stereocenters. The Balaban J connectivity index is 1.59. The summed E-state index contributed by atoms with van der Waals surface area (Å²) >= 11 is 3.36. The highest BCUT2D eigenvalue weighted by atomic mass is 79.9. The fraction of sp³-hybridized carbons (Fsp3) is 0.238. The number of hydrogen-bond donors (Lipinski definition) is 2. The van der Waals surface area contributed by atoms with E-state index in [0.29, 0.717) is 22.4 Å². The minimum atomic E-state index is -1.40. The molecule has 0 spiro atoms. The highest BCUT2D eigenvalue weighted by Crippen LogP contribution is 2.33. The molecule has 2 N–H and O–H groups in total. The maximum absolute atomic E-state index is 13.0. The normalized spacial score (nSPS) is 19.7. The fourth-order valence-corrected chi connectivity index (χ4v) is 3.96. The lowest BCUT2D eigenvalue weighted by atomic mass is 9.89. The van der Waals surface area contributed by atoms with Gasteiger partial charge in [-0.3, -0.25) is 14.9 Å². The molecule has 2 heterocycles. The van der Waals surface area contributed by atoms with Crippen molar-refractivity contribution in [2.45, 2.75) is 12.1 Å². The summed E-state index contributed by atoms with van der Waals surface area (Å²) in [6.45, 7) is -0.0606. The molecular formula is C21H18BrN3O6. The molecule has 0 aromatic heterocycles. The van der Waals surface area contributed by atoms with Crippen LogP contribution in [0.2, 0.25) is 0 Å². The van der Waals surface area contributed by atoms with Gasteiger partial charge in [-0.15, -0.1) is 0 Å². The second kappa shape index (κ2) is 8.03. The minimum absolute atomic E-state index is 0.0436. The van der Waals surface area contributed by atoms with Crippen LogP contribution in [-0.4, -0.2) is 49.0 Å². The quantitative estimate of drug-likeness (QED) is 0.473. The zero-order valence-electron chi connectivity index (χ0n) is 16.4. The van der Waals surface area contributed by atoms with E-state index in [1.54, 1.807) is 42.5 Å². The Morgan fingerprint density at radius 1 is 1.16 bits per heavy atom. The second-order valence-corrected chi connectivity index (χ2v) is 8.08. The van der Waals surface area contributed by atoms with Crippen LogP contribution in [0, 0.1) is 0 Å². The number of urea groups is 1. The molecule has 0 aliphatic carbocycles. The first-order valence-corrected chi connectivity index (χ1v) is 10.1. The highest BCUT2D eigenvalue weighted by molar-refractivity contribution is 9.10. The molecule has 0 bridgehead atoms. The van der Waals surface area contributed by atoms with Gasteiger partial charge in [0.1, 0.15) is 5.75 Å². The predicted molar refractivity (Wildman–Crippen MR) is 111 cm³/mol. The molecule has 4 amide bonds. The summed E-state index contributed by atoms with van der Waals surface area (Å²) in [6, 6.07) is 11.2. The maximum Gasteiger partial charge on any atom is 0.343 e. The number of esters is 1. The smallest absolute Gasteiger partial charge is 0.343 e. The predicted octanol–water partition coefficient (Wildman–Crippen LogP) is 1.69. The molecule has 9 nitrogen and oxygen atoms in total. The molecule has 1 unspecified atom stereocenters. The van der Waals surface area contributed by atoms with Gasteiger partial charge < -0.3 is 19.7 Å². The number of halogens is 1. The molecule has 31 heavy (non-hydrogen) atoms. The van der Waals surface area contributed by atoms with Crippen molar-refractivity contribution < 1.29 is 28.7 Å². The van der Waals surface area contributed by atoms with E-state index in [4.69, 9.17) is 4.74 Å². The third-order valence-electron chi connectivity index (χ3n) is 5.25. The zero-order chi connectivity index (χ0) is 22.2. The topological polar surface area (TPSA) is 114 Å². The Labute approximate surface area is 185 Å².